The van der Waals surface area contributed by atoms with Crippen LogP contribution in [0.25, 0.3) is 0 Å². The Morgan fingerprint density at radius 2 is 1.83 bits per heavy atom. The van der Waals surface area contributed by atoms with Crippen LogP contribution in [-0.4, -0.2) is 22.6 Å². The van der Waals surface area contributed by atoms with E-state index in [1.165, 1.54) is 0 Å². The number of Topliss-reactive ketones (excluding diaryl/α,β-unsaturated/α-hetero) is 1. The first kappa shape index (κ1) is 13.2. The number of aryl methyl sites for hydroxylation is 1. The van der Waals surface area contributed by atoms with Crippen molar-refractivity contribution in [1.82, 2.24) is 0 Å². The minimum absolute atomic E-state index is 0.317. The predicted octanol–water partition coefficient (Wildman–Crippen LogP) is 2.71. The molecule has 1 fully saturated rings. The summed E-state index contributed by atoms with van der Waals surface area (Å²) >= 11 is 0.487. The number of halogens is 2. The molecule has 0 bridgehead atoms. The van der Waals surface area contributed by atoms with E-state index in [4.69, 9.17) is 0 Å². The molecule has 0 amide bonds. The zero-order valence-corrected chi connectivity index (χ0v) is 10.3. The normalized spacial score (nSPS) is 23.9. The van der Waals surface area contributed by atoms with E-state index in [9.17, 15) is 18.4 Å². The summed E-state index contributed by atoms with van der Waals surface area (Å²) in [5, 5.41) is -1.88. The molecule has 0 aromatic heterocycles. The molecular formula is C13H12F2O2S. The Hall–Kier alpha value is -1.23. The Labute approximate surface area is 108 Å². The number of carbonyl (C=O) groups excluding carboxylic acids is 2. The van der Waals surface area contributed by atoms with Crippen molar-refractivity contribution in [1.29, 1.82) is 0 Å². The summed E-state index contributed by atoms with van der Waals surface area (Å²) in [6.07, 6.45) is -1.88. The summed E-state index contributed by atoms with van der Waals surface area (Å²) in [5.41, 5.74) is 1.00. The van der Waals surface area contributed by atoms with Gasteiger partial charge in [-0.1, -0.05) is 42.1 Å². The maximum Gasteiger partial charge on any atom is 0.257 e. The van der Waals surface area contributed by atoms with Crippen LogP contribution in [0.3, 0.4) is 0 Å². The van der Waals surface area contributed by atoms with E-state index in [0.717, 1.165) is 5.56 Å². The van der Waals surface area contributed by atoms with Gasteiger partial charge < -0.3 is 0 Å². The number of rotatable bonds is 4. The highest BCUT2D eigenvalue weighted by Gasteiger charge is 2.46. The van der Waals surface area contributed by atoms with Crippen LogP contribution in [0.2, 0.25) is 0 Å². The van der Waals surface area contributed by atoms with Gasteiger partial charge in [0.25, 0.3) is 6.43 Å². The van der Waals surface area contributed by atoms with Crippen molar-refractivity contribution in [2.45, 2.75) is 24.5 Å². The summed E-state index contributed by atoms with van der Waals surface area (Å²) in [7, 11) is 0. The third-order valence-electron chi connectivity index (χ3n) is 2.94. The molecule has 1 aliphatic heterocycles. The van der Waals surface area contributed by atoms with E-state index >= 15 is 0 Å². The highest BCUT2D eigenvalue weighted by molar-refractivity contribution is 8.15. The molecule has 5 heteroatoms. The van der Waals surface area contributed by atoms with Gasteiger partial charge in [0.05, 0.1) is 5.92 Å². The zero-order chi connectivity index (χ0) is 13.1. The van der Waals surface area contributed by atoms with E-state index in [-0.39, 0.29) is 0 Å². The van der Waals surface area contributed by atoms with Crippen LogP contribution < -0.4 is 0 Å². The highest BCUT2D eigenvalue weighted by Crippen LogP contribution is 2.35. The minimum atomic E-state index is -2.76. The lowest BCUT2D eigenvalue weighted by Crippen LogP contribution is -2.25. The second-order valence-electron chi connectivity index (χ2n) is 4.17. The van der Waals surface area contributed by atoms with Crippen LogP contribution in [0, 0.1) is 5.92 Å². The van der Waals surface area contributed by atoms with Crippen molar-refractivity contribution in [2.75, 3.05) is 0 Å². The average Bonchev–Trinajstić information content (AvgIpc) is 2.64. The molecule has 1 aliphatic rings. The van der Waals surface area contributed by atoms with Gasteiger partial charge in [-0.15, -0.1) is 0 Å². The zero-order valence-electron chi connectivity index (χ0n) is 9.51. The van der Waals surface area contributed by atoms with Crippen LogP contribution >= 0.6 is 11.8 Å². The van der Waals surface area contributed by atoms with E-state index in [2.05, 4.69) is 0 Å². The summed E-state index contributed by atoms with van der Waals surface area (Å²) in [6.45, 7) is 0. The molecule has 2 unspecified atom stereocenters. The molecule has 96 valence electrons. The van der Waals surface area contributed by atoms with Gasteiger partial charge in [0.15, 0.2) is 10.9 Å². The van der Waals surface area contributed by atoms with E-state index in [1.807, 2.05) is 30.3 Å². The number of hydrogen-bond acceptors (Lipinski definition) is 3. The highest BCUT2D eigenvalue weighted by atomic mass is 32.2. The van der Waals surface area contributed by atoms with Gasteiger partial charge in [-0.25, -0.2) is 8.78 Å². The van der Waals surface area contributed by atoms with Crippen molar-refractivity contribution in [2.24, 2.45) is 5.92 Å². The largest absolute Gasteiger partial charge is 0.297 e. The molecule has 1 aromatic carbocycles. The van der Waals surface area contributed by atoms with Gasteiger partial charge in [-0.2, -0.15) is 0 Å². The van der Waals surface area contributed by atoms with Crippen molar-refractivity contribution in [3.05, 3.63) is 35.9 Å². The van der Waals surface area contributed by atoms with Crippen LogP contribution in [0.4, 0.5) is 8.78 Å². The third kappa shape index (κ3) is 2.77. The first-order valence-electron chi connectivity index (χ1n) is 5.66. The maximum atomic E-state index is 12.5. The molecule has 2 rings (SSSR count). The number of hydrogen-bond donors (Lipinski definition) is 0. The molecular weight excluding hydrogens is 258 g/mol. The molecule has 0 saturated carbocycles. The fourth-order valence-corrected chi connectivity index (χ4v) is 3.00. The fraction of sp³-hybridized carbons (Fsp3) is 0.385. The quantitative estimate of drug-likeness (QED) is 0.789. The average molecular weight is 270 g/mol. The topological polar surface area (TPSA) is 34.1 Å². The fourth-order valence-electron chi connectivity index (χ4n) is 1.97. The molecule has 0 N–H and O–H groups in total. The smallest absolute Gasteiger partial charge is 0.257 e. The second-order valence-corrected chi connectivity index (χ2v) is 5.32. The van der Waals surface area contributed by atoms with E-state index < -0.39 is 28.5 Å². The van der Waals surface area contributed by atoms with Crippen LogP contribution in [0.15, 0.2) is 30.3 Å². The Morgan fingerprint density at radius 1 is 1.17 bits per heavy atom. The number of carbonyl (C=O) groups is 2. The van der Waals surface area contributed by atoms with Crippen molar-refractivity contribution in [3.8, 4) is 0 Å². The number of ketones is 1. The van der Waals surface area contributed by atoms with Crippen molar-refractivity contribution < 1.29 is 18.4 Å². The Morgan fingerprint density at radius 3 is 2.39 bits per heavy atom. The first-order valence-corrected chi connectivity index (χ1v) is 6.54. The second kappa shape index (κ2) is 5.61. The van der Waals surface area contributed by atoms with Gasteiger partial charge in [0.2, 0.25) is 0 Å². The van der Waals surface area contributed by atoms with E-state index in [0.29, 0.717) is 24.6 Å². The molecule has 0 spiro atoms. The lowest BCUT2D eigenvalue weighted by molar-refractivity contribution is -0.128. The molecule has 1 aromatic rings. The summed E-state index contributed by atoms with van der Waals surface area (Å²) in [5.74, 6) is -1.48. The van der Waals surface area contributed by atoms with Crippen molar-refractivity contribution >= 4 is 22.7 Å². The first-order chi connectivity index (χ1) is 8.59. The third-order valence-corrected chi connectivity index (χ3v) is 4.15. The Kier molecular flexibility index (Phi) is 4.11. The summed E-state index contributed by atoms with van der Waals surface area (Å²) in [4.78, 5) is 23.2. The van der Waals surface area contributed by atoms with E-state index in [1.54, 1.807) is 0 Å². The number of thioether (sulfide) groups is 1. The number of alkyl halides is 2. The van der Waals surface area contributed by atoms with Gasteiger partial charge in [-0.3, -0.25) is 9.59 Å². The molecule has 0 aliphatic carbocycles. The molecule has 0 radical (unpaired) electrons. The summed E-state index contributed by atoms with van der Waals surface area (Å²) in [6, 6.07) is 9.38. The minimum Gasteiger partial charge on any atom is -0.297 e. The van der Waals surface area contributed by atoms with Crippen LogP contribution in [0.1, 0.15) is 12.0 Å². The lowest BCUT2D eigenvalue weighted by atomic mass is 9.95. The van der Waals surface area contributed by atoms with Crippen LogP contribution in [0.5, 0.6) is 0 Å². The molecule has 1 saturated heterocycles. The van der Waals surface area contributed by atoms with Gasteiger partial charge in [0, 0.05) is 0 Å². The molecule has 2 nitrogen and oxygen atoms in total. The molecule has 18 heavy (non-hydrogen) atoms. The van der Waals surface area contributed by atoms with Crippen molar-refractivity contribution in [3.63, 3.8) is 0 Å². The Balaban J connectivity index is 1.98. The van der Waals surface area contributed by atoms with Crippen LogP contribution in [-0.2, 0) is 16.0 Å². The van der Waals surface area contributed by atoms with Gasteiger partial charge >= 0.3 is 0 Å². The number of benzene rings is 1. The Bertz CT molecular complexity index is 448. The van der Waals surface area contributed by atoms with Gasteiger partial charge in [-0.05, 0) is 18.4 Å². The molecule has 1 heterocycles. The molecule has 2 atom stereocenters. The standard InChI is InChI=1S/C13H12F2O2S/c14-12(15)11-10(16)9(13(17)18-11)7-6-8-4-2-1-3-5-8/h1-5,9,11-12H,6-7H2. The predicted molar refractivity (Wildman–Crippen MR) is 65.7 cm³/mol. The van der Waals surface area contributed by atoms with Gasteiger partial charge in [0.1, 0.15) is 5.25 Å². The monoisotopic (exact) mass is 270 g/mol. The lowest BCUT2D eigenvalue weighted by Gasteiger charge is -2.07. The summed E-state index contributed by atoms with van der Waals surface area (Å²) < 4.78 is 25.0. The SMILES string of the molecule is O=C1SC(C(F)F)C(=O)C1CCc1ccccc1. The maximum absolute atomic E-state index is 12.5.